The van der Waals surface area contributed by atoms with Crippen molar-refractivity contribution in [3.63, 3.8) is 0 Å². The number of rotatable bonds is 8. The van der Waals surface area contributed by atoms with Crippen LogP contribution in [0.4, 0.5) is 5.69 Å². The highest BCUT2D eigenvalue weighted by atomic mass is 16.6. The topological polar surface area (TPSA) is 52.4 Å². The van der Waals surface area contributed by atoms with E-state index in [0.717, 1.165) is 19.3 Å². The van der Waals surface area contributed by atoms with Gasteiger partial charge in [0, 0.05) is 6.07 Å². The van der Waals surface area contributed by atoms with Gasteiger partial charge in [0.25, 0.3) is 0 Å². The minimum absolute atomic E-state index is 0.00468. The SMILES string of the molecule is CCC(C)=CCCC(C)=CCOc1ccccc1[N+](=O)[O-]. The quantitative estimate of drug-likeness (QED) is 0.382. The number of hydrogen-bond acceptors (Lipinski definition) is 3. The fourth-order valence-electron chi connectivity index (χ4n) is 1.80. The minimum Gasteiger partial charge on any atom is -0.483 e. The fraction of sp³-hybridized carbons (Fsp3) is 0.412. The Morgan fingerprint density at radius 3 is 2.62 bits per heavy atom. The number of nitro groups is 1. The van der Waals surface area contributed by atoms with E-state index in [9.17, 15) is 10.1 Å². The molecule has 0 aromatic heterocycles. The Hall–Kier alpha value is -2.10. The van der Waals surface area contributed by atoms with E-state index in [2.05, 4.69) is 26.8 Å². The summed E-state index contributed by atoms with van der Waals surface area (Å²) < 4.78 is 5.48. The highest BCUT2D eigenvalue weighted by Crippen LogP contribution is 2.25. The van der Waals surface area contributed by atoms with Crippen LogP contribution in [0, 0.1) is 10.1 Å². The number of para-hydroxylation sites is 2. The minimum atomic E-state index is -0.426. The third kappa shape index (κ3) is 6.25. The standard InChI is InChI=1S/C17H23NO3/c1-4-14(2)8-7-9-15(3)12-13-21-17-11-6-5-10-16(17)18(19)20/h5-6,8,10-12H,4,7,9,13H2,1-3H3. The molecule has 0 atom stereocenters. The van der Waals surface area contributed by atoms with E-state index < -0.39 is 4.92 Å². The zero-order valence-corrected chi connectivity index (χ0v) is 13.0. The summed E-state index contributed by atoms with van der Waals surface area (Å²) in [5, 5.41) is 10.9. The average Bonchev–Trinajstić information content (AvgIpc) is 2.47. The first-order valence-corrected chi connectivity index (χ1v) is 7.22. The molecule has 0 radical (unpaired) electrons. The molecule has 0 fully saturated rings. The average molecular weight is 289 g/mol. The van der Waals surface area contributed by atoms with Crippen LogP contribution in [0.3, 0.4) is 0 Å². The second kappa shape index (κ2) is 8.95. The number of allylic oxidation sites excluding steroid dienone is 3. The molecule has 0 aliphatic heterocycles. The van der Waals surface area contributed by atoms with Crippen LogP contribution in [0.15, 0.2) is 47.6 Å². The molecule has 0 unspecified atom stereocenters. The first kappa shape index (κ1) is 17.0. The van der Waals surface area contributed by atoms with E-state index in [1.807, 2.05) is 6.08 Å². The maximum absolute atomic E-state index is 10.9. The molecular weight excluding hydrogens is 266 g/mol. The number of benzene rings is 1. The summed E-state index contributed by atoms with van der Waals surface area (Å²) in [7, 11) is 0. The van der Waals surface area contributed by atoms with Gasteiger partial charge >= 0.3 is 5.69 Å². The molecule has 0 N–H and O–H groups in total. The first-order chi connectivity index (χ1) is 10.0. The number of nitrogens with zero attached hydrogens (tertiary/aromatic N) is 1. The highest BCUT2D eigenvalue weighted by molar-refractivity contribution is 5.45. The van der Waals surface area contributed by atoms with Gasteiger partial charge in [-0.3, -0.25) is 10.1 Å². The smallest absolute Gasteiger partial charge is 0.310 e. The van der Waals surface area contributed by atoms with Gasteiger partial charge in [0.1, 0.15) is 6.61 Å². The summed E-state index contributed by atoms with van der Waals surface area (Å²) in [6.07, 6.45) is 7.32. The zero-order valence-electron chi connectivity index (χ0n) is 13.0. The summed E-state index contributed by atoms with van der Waals surface area (Å²) in [5.41, 5.74) is 2.64. The van der Waals surface area contributed by atoms with Gasteiger partial charge in [-0.15, -0.1) is 0 Å². The summed E-state index contributed by atoms with van der Waals surface area (Å²) in [6.45, 7) is 6.69. The van der Waals surface area contributed by atoms with Crippen LogP contribution in [-0.4, -0.2) is 11.5 Å². The lowest BCUT2D eigenvalue weighted by atomic mass is 10.1. The van der Waals surface area contributed by atoms with Crippen molar-refractivity contribution in [2.75, 3.05) is 6.61 Å². The van der Waals surface area contributed by atoms with Gasteiger partial charge in [-0.25, -0.2) is 0 Å². The van der Waals surface area contributed by atoms with Crippen LogP contribution in [-0.2, 0) is 0 Å². The van der Waals surface area contributed by atoms with Crippen molar-refractivity contribution in [1.82, 2.24) is 0 Å². The predicted octanol–water partition coefficient (Wildman–Crippen LogP) is 5.06. The van der Waals surface area contributed by atoms with E-state index in [4.69, 9.17) is 4.74 Å². The molecule has 1 aromatic carbocycles. The van der Waals surface area contributed by atoms with Gasteiger partial charge in [-0.05, 0) is 45.3 Å². The van der Waals surface area contributed by atoms with E-state index in [1.54, 1.807) is 18.2 Å². The Balaban J connectivity index is 2.49. The van der Waals surface area contributed by atoms with Crippen LogP contribution < -0.4 is 4.74 Å². The molecule has 21 heavy (non-hydrogen) atoms. The van der Waals surface area contributed by atoms with E-state index >= 15 is 0 Å². The Kier molecular flexibility index (Phi) is 7.23. The van der Waals surface area contributed by atoms with Crippen molar-refractivity contribution < 1.29 is 9.66 Å². The van der Waals surface area contributed by atoms with Crippen molar-refractivity contribution >= 4 is 5.69 Å². The highest BCUT2D eigenvalue weighted by Gasteiger charge is 2.12. The number of nitro benzene ring substituents is 1. The van der Waals surface area contributed by atoms with Crippen molar-refractivity contribution in [1.29, 1.82) is 0 Å². The van der Waals surface area contributed by atoms with Gasteiger partial charge in [-0.1, -0.05) is 36.3 Å². The molecule has 1 rings (SSSR count). The first-order valence-electron chi connectivity index (χ1n) is 7.22. The molecule has 0 saturated heterocycles. The molecule has 0 spiro atoms. The molecule has 1 aromatic rings. The Bertz CT molecular complexity index is 533. The second-order valence-electron chi connectivity index (χ2n) is 5.03. The van der Waals surface area contributed by atoms with Crippen molar-refractivity contribution in [3.05, 3.63) is 57.7 Å². The van der Waals surface area contributed by atoms with E-state index in [-0.39, 0.29) is 5.69 Å². The Labute approximate surface area is 126 Å². The van der Waals surface area contributed by atoms with Gasteiger partial charge in [-0.2, -0.15) is 0 Å². The van der Waals surface area contributed by atoms with Crippen LogP contribution in [0.1, 0.15) is 40.0 Å². The fourth-order valence-corrected chi connectivity index (χ4v) is 1.80. The third-order valence-corrected chi connectivity index (χ3v) is 3.32. The molecule has 0 aliphatic rings. The Morgan fingerprint density at radius 1 is 1.24 bits per heavy atom. The van der Waals surface area contributed by atoms with Crippen LogP contribution >= 0.6 is 0 Å². The summed E-state index contributed by atoms with van der Waals surface area (Å²) in [4.78, 5) is 10.4. The van der Waals surface area contributed by atoms with Gasteiger partial charge in [0.15, 0.2) is 5.75 Å². The molecular formula is C17H23NO3. The van der Waals surface area contributed by atoms with Crippen molar-refractivity contribution in [2.24, 2.45) is 0 Å². The lowest BCUT2D eigenvalue weighted by Gasteiger charge is -2.05. The van der Waals surface area contributed by atoms with Gasteiger partial charge in [0.2, 0.25) is 0 Å². The van der Waals surface area contributed by atoms with Crippen LogP contribution in [0.2, 0.25) is 0 Å². The van der Waals surface area contributed by atoms with Crippen molar-refractivity contribution in [3.8, 4) is 5.75 Å². The molecule has 0 bridgehead atoms. The monoisotopic (exact) mass is 289 g/mol. The molecule has 0 aliphatic carbocycles. The van der Waals surface area contributed by atoms with Crippen LogP contribution in [0.5, 0.6) is 5.75 Å². The normalized spacial score (nSPS) is 12.3. The molecule has 0 heterocycles. The maximum atomic E-state index is 10.9. The van der Waals surface area contributed by atoms with E-state index in [0.29, 0.717) is 12.4 Å². The maximum Gasteiger partial charge on any atom is 0.310 e. The second-order valence-corrected chi connectivity index (χ2v) is 5.03. The molecule has 0 saturated carbocycles. The number of ether oxygens (including phenoxy) is 1. The summed E-state index contributed by atoms with van der Waals surface area (Å²) in [5.74, 6) is 0.313. The molecule has 4 heteroatoms. The summed E-state index contributed by atoms with van der Waals surface area (Å²) in [6, 6.07) is 6.44. The Morgan fingerprint density at radius 2 is 1.95 bits per heavy atom. The third-order valence-electron chi connectivity index (χ3n) is 3.32. The molecule has 0 amide bonds. The largest absolute Gasteiger partial charge is 0.483 e. The molecule has 4 nitrogen and oxygen atoms in total. The van der Waals surface area contributed by atoms with Crippen molar-refractivity contribution in [2.45, 2.75) is 40.0 Å². The van der Waals surface area contributed by atoms with Gasteiger partial charge < -0.3 is 4.74 Å². The predicted molar refractivity (Wildman–Crippen MR) is 85.6 cm³/mol. The van der Waals surface area contributed by atoms with Crippen LogP contribution in [0.25, 0.3) is 0 Å². The summed E-state index contributed by atoms with van der Waals surface area (Å²) >= 11 is 0. The number of hydrogen-bond donors (Lipinski definition) is 0. The molecule has 114 valence electrons. The lowest BCUT2D eigenvalue weighted by Crippen LogP contribution is -1.98. The van der Waals surface area contributed by atoms with Gasteiger partial charge in [0.05, 0.1) is 4.92 Å². The zero-order chi connectivity index (χ0) is 15.7. The van der Waals surface area contributed by atoms with E-state index in [1.165, 1.54) is 17.2 Å². The lowest BCUT2D eigenvalue weighted by molar-refractivity contribution is -0.385.